The van der Waals surface area contributed by atoms with E-state index in [-0.39, 0.29) is 0 Å². The molecule has 102 valence electrons. The minimum atomic E-state index is 0.479. The van der Waals surface area contributed by atoms with Crippen molar-refractivity contribution in [3.63, 3.8) is 0 Å². The Morgan fingerprint density at radius 2 is 2.37 bits per heavy atom. The molecule has 0 amide bonds. The number of nitrogens with zero attached hydrogens (tertiary/aromatic N) is 3. The maximum absolute atomic E-state index is 9.24. The molecule has 4 heteroatoms. The Hall–Kier alpha value is -1.60. The van der Waals surface area contributed by atoms with Gasteiger partial charge in [-0.2, -0.15) is 5.26 Å². The highest BCUT2D eigenvalue weighted by Gasteiger charge is 2.28. The second-order valence-corrected chi connectivity index (χ2v) is 5.24. The number of aromatic nitrogens is 1. The van der Waals surface area contributed by atoms with Gasteiger partial charge in [0, 0.05) is 25.9 Å². The van der Waals surface area contributed by atoms with Gasteiger partial charge in [-0.25, -0.2) is 4.98 Å². The SMILES string of the molecule is COCCN(c1ncccc1C#N)C1CCC(C)C1. The number of ether oxygens (including phenoxy) is 1. The summed E-state index contributed by atoms with van der Waals surface area (Å²) < 4.78 is 5.20. The number of rotatable bonds is 5. The summed E-state index contributed by atoms with van der Waals surface area (Å²) in [7, 11) is 1.71. The van der Waals surface area contributed by atoms with Gasteiger partial charge in [0.15, 0.2) is 0 Å². The predicted molar refractivity (Wildman–Crippen MR) is 75.0 cm³/mol. The van der Waals surface area contributed by atoms with Crippen molar-refractivity contribution in [2.75, 3.05) is 25.2 Å². The monoisotopic (exact) mass is 259 g/mol. The summed E-state index contributed by atoms with van der Waals surface area (Å²) in [5.41, 5.74) is 0.651. The second kappa shape index (κ2) is 6.53. The molecule has 1 aromatic heterocycles. The van der Waals surface area contributed by atoms with Gasteiger partial charge in [-0.1, -0.05) is 6.92 Å². The molecule has 2 atom stereocenters. The maximum atomic E-state index is 9.24. The lowest BCUT2D eigenvalue weighted by Gasteiger charge is -2.30. The molecular formula is C15H21N3O. The highest BCUT2D eigenvalue weighted by Crippen LogP contribution is 2.32. The zero-order valence-electron chi connectivity index (χ0n) is 11.7. The van der Waals surface area contributed by atoms with Crippen molar-refractivity contribution in [3.05, 3.63) is 23.9 Å². The van der Waals surface area contributed by atoms with E-state index >= 15 is 0 Å². The van der Waals surface area contributed by atoms with E-state index in [1.165, 1.54) is 19.3 Å². The molecule has 1 aliphatic rings. The van der Waals surface area contributed by atoms with E-state index in [9.17, 15) is 5.26 Å². The third-order valence-corrected chi connectivity index (χ3v) is 3.82. The first-order chi connectivity index (χ1) is 9.26. The van der Waals surface area contributed by atoms with Crippen molar-refractivity contribution in [2.24, 2.45) is 5.92 Å². The van der Waals surface area contributed by atoms with Crippen LogP contribution in [0.25, 0.3) is 0 Å². The van der Waals surface area contributed by atoms with Crippen LogP contribution in [0.1, 0.15) is 31.7 Å². The van der Waals surface area contributed by atoms with E-state index in [0.717, 1.165) is 18.3 Å². The summed E-state index contributed by atoms with van der Waals surface area (Å²) >= 11 is 0. The molecule has 2 rings (SSSR count). The fourth-order valence-corrected chi connectivity index (χ4v) is 2.82. The first-order valence-electron chi connectivity index (χ1n) is 6.87. The number of pyridine rings is 1. The van der Waals surface area contributed by atoms with Crippen molar-refractivity contribution >= 4 is 5.82 Å². The van der Waals surface area contributed by atoms with Gasteiger partial charge in [-0.15, -0.1) is 0 Å². The van der Waals surface area contributed by atoms with Gasteiger partial charge >= 0.3 is 0 Å². The van der Waals surface area contributed by atoms with Crippen LogP contribution >= 0.6 is 0 Å². The van der Waals surface area contributed by atoms with Gasteiger partial charge in [-0.3, -0.25) is 0 Å². The van der Waals surface area contributed by atoms with E-state index in [0.29, 0.717) is 18.2 Å². The Labute approximate surface area is 115 Å². The van der Waals surface area contributed by atoms with E-state index < -0.39 is 0 Å². The third kappa shape index (κ3) is 3.24. The molecule has 2 unspecified atom stereocenters. The van der Waals surface area contributed by atoms with Crippen LogP contribution in [-0.2, 0) is 4.74 Å². The van der Waals surface area contributed by atoms with Crippen molar-refractivity contribution in [3.8, 4) is 6.07 Å². The van der Waals surface area contributed by atoms with E-state index in [2.05, 4.69) is 22.9 Å². The summed E-state index contributed by atoms with van der Waals surface area (Å²) in [6.07, 6.45) is 5.36. The fraction of sp³-hybridized carbons (Fsp3) is 0.600. The average molecular weight is 259 g/mol. The van der Waals surface area contributed by atoms with Gasteiger partial charge in [0.25, 0.3) is 0 Å². The van der Waals surface area contributed by atoms with E-state index in [1.807, 2.05) is 12.1 Å². The van der Waals surface area contributed by atoms with Crippen LogP contribution in [0, 0.1) is 17.2 Å². The van der Waals surface area contributed by atoms with Crippen molar-refractivity contribution in [2.45, 2.75) is 32.2 Å². The van der Waals surface area contributed by atoms with Crippen LogP contribution in [0.15, 0.2) is 18.3 Å². The standard InChI is InChI=1S/C15H21N3O/c1-12-5-6-14(10-12)18(8-9-19-2)15-13(11-16)4-3-7-17-15/h3-4,7,12,14H,5-6,8-10H2,1-2H3. The number of anilines is 1. The van der Waals surface area contributed by atoms with Crippen LogP contribution in [-0.4, -0.2) is 31.3 Å². The summed E-state index contributed by atoms with van der Waals surface area (Å²) in [5, 5.41) is 9.24. The molecule has 1 aliphatic carbocycles. The van der Waals surface area contributed by atoms with Crippen LogP contribution in [0.3, 0.4) is 0 Å². The van der Waals surface area contributed by atoms with Gasteiger partial charge in [0.2, 0.25) is 0 Å². The number of nitriles is 1. The van der Waals surface area contributed by atoms with Crippen LogP contribution in [0.4, 0.5) is 5.82 Å². The van der Waals surface area contributed by atoms with Gasteiger partial charge in [0.05, 0.1) is 12.2 Å². The zero-order valence-corrected chi connectivity index (χ0v) is 11.7. The Morgan fingerprint density at radius 1 is 1.53 bits per heavy atom. The van der Waals surface area contributed by atoms with Crippen molar-refractivity contribution in [1.29, 1.82) is 5.26 Å². The van der Waals surface area contributed by atoms with Crippen molar-refractivity contribution < 1.29 is 4.74 Å². The Kier molecular flexibility index (Phi) is 4.75. The van der Waals surface area contributed by atoms with E-state index in [1.54, 1.807) is 13.3 Å². The maximum Gasteiger partial charge on any atom is 0.146 e. The topological polar surface area (TPSA) is 49.1 Å². The molecular weight excluding hydrogens is 238 g/mol. The molecule has 1 aromatic rings. The van der Waals surface area contributed by atoms with Crippen LogP contribution in [0.5, 0.6) is 0 Å². The predicted octanol–water partition coefficient (Wildman–Crippen LogP) is 2.59. The first-order valence-corrected chi connectivity index (χ1v) is 6.87. The first kappa shape index (κ1) is 13.8. The largest absolute Gasteiger partial charge is 0.383 e. The molecule has 19 heavy (non-hydrogen) atoms. The lowest BCUT2D eigenvalue weighted by atomic mass is 10.1. The highest BCUT2D eigenvalue weighted by atomic mass is 16.5. The van der Waals surface area contributed by atoms with Gasteiger partial charge in [-0.05, 0) is 37.3 Å². The quantitative estimate of drug-likeness (QED) is 0.815. The van der Waals surface area contributed by atoms with E-state index in [4.69, 9.17) is 4.74 Å². The minimum Gasteiger partial charge on any atom is -0.383 e. The zero-order chi connectivity index (χ0) is 13.7. The normalized spacial score (nSPS) is 22.2. The number of methoxy groups -OCH3 is 1. The average Bonchev–Trinajstić information content (AvgIpc) is 2.86. The minimum absolute atomic E-state index is 0.479. The summed E-state index contributed by atoms with van der Waals surface area (Å²) in [5.74, 6) is 1.56. The molecule has 0 spiro atoms. The fourth-order valence-electron chi connectivity index (χ4n) is 2.82. The van der Waals surface area contributed by atoms with Crippen LogP contribution < -0.4 is 4.90 Å². The summed E-state index contributed by atoms with van der Waals surface area (Å²) in [6, 6.07) is 6.37. The molecule has 0 radical (unpaired) electrons. The van der Waals surface area contributed by atoms with Crippen LogP contribution in [0.2, 0.25) is 0 Å². The second-order valence-electron chi connectivity index (χ2n) is 5.24. The molecule has 0 aromatic carbocycles. The molecule has 1 heterocycles. The summed E-state index contributed by atoms with van der Waals surface area (Å²) in [4.78, 5) is 6.68. The van der Waals surface area contributed by atoms with Crippen molar-refractivity contribution in [1.82, 2.24) is 4.98 Å². The molecule has 4 nitrogen and oxygen atoms in total. The summed E-state index contributed by atoms with van der Waals surface area (Å²) in [6.45, 7) is 3.74. The Morgan fingerprint density at radius 3 is 3.00 bits per heavy atom. The molecule has 0 aliphatic heterocycles. The third-order valence-electron chi connectivity index (χ3n) is 3.82. The Bertz CT molecular complexity index is 455. The number of hydrogen-bond donors (Lipinski definition) is 0. The molecule has 1 fully saturated rings. The smallest absolute Gasteiger partial charge is 0.146 e. The highest BCUT2D eigenvalue weighted by molar-refractivity contribution is 5.54. The lowest BCUT2D eigenvalue weighted by Crippen LogP contribution is -2.37. The molecule has 0 bridgehead atoms. The molecule has 0 N–H and O–H groups in total. The van der Waals surface area contributed by atoms with Gasteiger partial charge < -0.3 is 9.64 Å². The molecule has 0 saturated heterocycles. The number of hydrogen-bond acceptors (Lipinski definition) is 4. The van der Waals surface area contributed by atoms with Gasteiger partial charge in [0.1, 0.15) is 11.9 Å². The Balaban J connectivity index is 2.24. The molecule has 1 saturated carbocycles. The lowest BCUT2D eigenvalue weighted by molar-refractivity contribution is 0.202.